The Morgan fingerprint density at radius 2 is 1.94 bits per heavy atom. The zero-order chi connectivity index (χ0) is 22.6. The summed E-state index contributed by atoms with van der Waals surface area (Å²) in [6.07, 6.45) is -3.66. The highest BCUT2D eigenvalue weighted by molar-refractivity contribution is 5.95. The smallest absolute Gasteiger partial charge is 0.422 e. The number of hydrogen-bond donors (Lipinski definition) is 1. The number of amides is 1. The van der Waals surface area contributed by atoms with E-state index in [9.17, 15) is 26.7 Å². The van der Waals surface area contributed by atoms with E-state index in [1.165, 1.54) is 13.2 Å². The second kappa shape index (κ2) is 8.98. The van der Waals surface area contributed by atoms with Crippen molar-refractivity contribution in [1.82, 2.24) is 15.5 Å². The van der Waals surface area contributed by atoms with Crippen LogP contribution < -0.4 is 14.8 Å². The number of halogens is 5. The minimum atomic E-state index is -4.65. The molecule has 0 saturated carbocycles. The van der Waals surface area contributed by atoms with Crippen molar-refractivity contribution in [2.75, 3.05) is 13.7 Å². The molecule has 3 aromatic rings. The standard InChI is InChI=1S/C19H14F5N3O4/c1-29-16-6-12(31-27-16)8-25-17(28)11-4-13(10-2-3-14(20)15(21)5-10)18(26-7-11)30-9-19(22,23)24/h2-7H,8-9H2,1H3,(H,25,28). The van der Waals surface area contributed by atoms with E-state index in [0.29, 0.717) is 0 Å². The normalized spacial score (nSPS) is 11.3. The van der Waals surface area contributed by atoms with Crippen LogP contribution in [-0.4, -0.2) is 35.9 Å². The number of methoxy groups -OCH3 is 1. The quantitative estimate of drug-likeness (QED) is 0.558. The molecule has 0 radical (unpaired) electrons. The molecule has 1 amide bonds. The second-order valence-electron chi connectivity index (χ2n) is 6.13. The Morgan fingerprint density at radius 1 is 1.16 bits per heavy atom. The van der Waals surface area contributed by atoms with Crippen LogP contribution in [0.1, 0.15) is 16.1 Å². The zero-order valence-electron chi connectivity index (χ0n) is 15.8. The van der Waals surface area contributed by atoms with Gasteiger partial charge in [-0.05, 0) is 28.9 Å². The molecule has 0 aliphatic heterocycles. The molecule has 7 nitrogen and oxygen atoms in total. The number of pyridine rings is 1. The largest absolute Gasteiger partial charge is 0.479 e. The highest BCUT2D eigenvalue weighted by Gasteiger charge is 2.29. The minimum absolute atomic E-state index is 0.0294. The first-order valence-electron chi connectivity index (χ1n) is 8.59. The highest BCUT2D eigenvalue weighted by Crippen LogP contribution is 2.31. The van der Waals surface area contributed by atoms with Gasteiger partial charge in [0.05, 0.1) is 19.2 Å². The SMILES string of the molecule is COc1cc(CNC(=O)c2cnc(OCC(F)(F)F)c(-c3ccc(F)c(F)c3)c2)on1. The molecule has 0 aliphatic carbocycles. The van der Waals surface area contributed by atoms with E-state index in [-0.39, 0.29) is 34.9 Å². The van der Waals surface area contributed by atoms with Crippen molar-refractivity contribution < 1.29 is 40.7 Å². The molecule has 164 valence electrons. The van der Waals surface area contributed by atoms with Crippen molar-refractivity contribution >= 4 is 5.91 Å². The molecule has 12 heteroatoms. The predicted octanol–water partition coefficient (Wildman–Crippen LogP) is 3.89. The van der Waals surface area contributed by atoms with Gasteiger partial charge in [0.2, 0.25) is 5.88 Å². The lowest BCUT2D eigenvalue weighted by Gasteiger charge is -2.14. The van der Waals surface area contributed by atoms with Gasteiger partial charge in [-0.1, -0.05) is 6.07 Å². The predicted molar refractivity (Wildman–Crippen MR) is 95.4 cm³/mol. The minimum Gasteiger partial charge on any atom is -0.479 e. The molecular formula is C19H14F5N3O4. The summed E-state index contributed by atoms with van der Waals surface area (Å²) >= 11 is 0. The molecular weight excluding hydrogens is 429 g/mol. The average Bonchev–Trinajstić information content (AvgIpc) is 3.20. The Balaban J connectivity index is 1.87. The van der Waals surface area contributed by atoms with Gasteiger partial charge in [-0.3, -0.25) is 4.79 Å². The van der Waals surface area contributed by atoms with Gasteiger partial charge in [-0.2, -0.15) is 13.2 Å². The maximum absolute atomic E-state index is 13.6. The van der Waals surface area contributed by atoms with Crippen LogP contribution in [0, 0.1) is 11.6 Å². The number of alkyl halides is 3. The van der Waals surface area contributed by atoms with Gasteiger partial charge in [0.1, 0.15) is 0 Å². The fourth-order valence-corrected chi connectivity index (χ4v) is 2.46. The van der Waals surface area contributed by atoms with E-state index in [1.807, 2.05) is 0 Å². The summed E-state index contributed by atoms with van der Waals surface area (Å²) in [4.78, 5) is 16.2. The number of nitrogens with one attached hydrogen (secondary N) is 1. The Morgan fingerprint density at radius 3 is 2.58 bits per heavy atom. The van der Waals surface area contributed by atoms with Crippen LogP contribution in [-0.2, 0) is 6.54 Å². The number of hydrogen-bond acceptors (Lipinski definition) is 6. The number of carbonyl (C=O) groups excluding carboxylic acids is 1. The lowest BCUT2D eigenvalue weighted by Crippen LogP contribution is -2.23. The maximum Gasteiger partial charge on any atom is 0.422 e. The molecule has 0 spiro atoms. The summed E-state index contributed by atoms with van der Waals surface area (Å²) < 4.78 is 79.0. The fraction of sp³-hybridized carbons (Fsp3) is 0.211. The third-order valence-corrected chi connectivity index (χ3v) is 3.89. The molecule has 0 unspecified atom stereocenters. The summed E-state index contributed by atoms with van der Waals surface area (Å²) in [6.45, 7) is -1.72. The van der Waals surface area contributed by atoms with Crippen LogP contribution >= 0.6 is 0 Å². The van der Waals surface area contributed by atoms with E-state index in [4.69, 9.17) is 9.26 Å². The van der Waals surface area contributed by atoms with Crippen molar-refractivity contribution in [3.05, 3.63) is 59.5 Å². The summed E-state index contributed by atoms with van der Waals surface area (Å²) in [7, 11) is 1.38. The summed E-state index contributed by atoms with van der Waals surface area (Å²) in [5.74, 6) is -3.05. The molecule has 0 atom stereocenters. The number of ether oxygens (including phenoxy) is 2. The molecule has 2 aromatic heterocycles. The van der Waals surface area contributed by atoms with Crippen LogP contribution in [0.5, 0.6) is 11.8 Å². The van der Waals surface area contributed by atoms with Crippen molar-refractivity contribution in [3.63, 3.8) is 0 Å². The Bertz CT molecular complexity index is 1080. The Hall–Kier alpha value is -3.70. The third-order valence-electron chi connectivity index (χ3n) is 3.89. The van der Waals surface area contributed by atoms with Crippen LogP contribution in [0.15, 0.2) is 41.1 Å². The number of aromatic nitrogens is 2. The summed E-state index contributed by atoms with van der Waals surface area (Å²) in [6, 6.07) is 5.27. The lowest BCUT2D eigenvalue weighted by atomic mass is 10.0. The van der Waals surface area contributed by atoms with Gasteiger partial charge in [0.25, 0.3) is 11.8 Å². The molecule has 1 N–H and O–H groups in total. The molecule has 0 fully saturated rings. The highest BCUT2D eigenvalue weighted by atomic mass is 19.4. The van der Waals surface area contributed by atoms with Crippen LogP contribution in [0.25, 0.3) is 11.1 Å². The van der Waals surface area contributed by atoms with Gasteiger partial charge in [-0.25, -0.2) is 13.8 Å². The first-order chi connectivity index (χ1) is 14.7. The van der Waals surface area contributed by atoms with Gasteiger partial charge in [0, 0.05) is 17.8 Å². The van der Waals surface area contributed by atoms with Crippen molar-refractivity contribution in [2.24, 2.45) is 0 Å². The van der Waals surface area contributed by atoms with Gasteiger partial charge in [-0.15, -0.1) is 0 Å². The summed E-state index contributed by atoms with van der Waals surface area (Å²) in [5.41, 5.74) is -0.221. The maximum atomic E-state index is 13.6. The topological polar surface area (TPSA) is 86.5 Å². The second-order valence-corrected chi connectivity index (χ2v) is 6.13. The Labute approximate surface area is 171 Å². The number of benzene rings is 1. The molecule has 2 heterocycles. The monoisotopic (exact) mass is 443 g/mol. The molecule has 0 aliphatic rings. The van der Waals surface area contributed by atoms with E-state index in [2.05, 4.69) is 20.2 Å². The van der Waals surface area contributed by atoms with E-state index in [1.54, 1.807) is 0 Å². The van der Waals surface area contributed by atoms with Crippen LogP contribution in [0.3, 0.4) is 0 Å². The number of nitrogens with zero attached hydrogens (tertiary/aromatic N) is 2. The average molecular weight is 443 g/mol. The van der Waals surface area contributed by atoms with Gasteiger partial charge in [0.15, 0.2) is 24.0 Å². The zero-order valence-corrected chi connectivity index (χ0v) is 15.8. The van der Waals surface area contributed by atoms with Crippen molar-refractivity contribution in [2.45, 2.75) is 12.7 Å². The van der Waals surface area contributed by atoms with E-state index in [0.717, 1.165) is 30.5 Å². The lowest BCUT2D eigenvalue weighted by molar-refractivity contribution is -0.154. The van der Waals surface area contributed by atoms with Crippen molar-refractivity contribution in [3.8, 4) is 22.9 Å². The van der Waals surface area contributed by atoms with Crippen LogP contribution in [0.4, 0.5) is 22.0 Å². The Kier molecular flexibility index (Phi) is 6.37. The van der Waals surface area contributed by atoms with E-state index < -0.39 is 36.2 Å². The first kappa shape index (κ1) is 22.0. The van der Waals surface area contributed by atoms with Crippen molar-refractivity contribution in [1.29, 1.82) is 0 Å². The molecule has 0 bridgehead atoms. The molecule has 3 rings (SSSR count). The van der Waals surface area contributed by atoms with E-state index >= 15 is 0 Å². The third kappa shape index (κ3) is 5.68. The number of carbonyl (C=O) groups is 1. The van der Waals surface area contributed by atoms with Gasteiger partial charge < -0.3 is 19.3 Å². The summed E-state index contributed by atoms with van der Waals surface area (Å²) in [5, 5.41) is 6.08. The number of rotatable bonds is 7. The van der Waals surface area contributed by atoms with Gasteiger partial charge >= 0.3 is 6.18 Å². The molecule has 0 saturated heterocycles. The first-order valence-corrected chi connectivity index (χ1v) is 8.59. The molecule has 1 aromatic carbocycles. The fourth-order valence-electron chi connectivity index (χ4n) is 2.46. The molecule has 31 heavy (non-hydrogen) atoms. The van der Waals surface area contributed by atoms with Crippen LogP contribution in [0.2, 0.25) is 0 Å².